The van der Waals surface area contributed by atoms with Crippen LogP contribution in [-0.2, 0) is 9.47 Å². The number of piperidine rings is 2. The van der Waals surface area contributed by atoms with Gasteiger partial charge in [0.05, 0.1) is 11.7 Å². The number of esters is 1. The third-order valence-electron chi connectivity index (χ3n) is 9.93. The van der Waals surface area contributed by atoms with Gasteiger partial charge in [0.25, 0.3) is 0 Å². The minimum absolute atomic E-state index is 0.0962. The van der Waals surface area contributed by atoms with Crippen molar-refractivity contribution >= 4 is 5.97 Å². The van der Waals surface area contributed by atoms with Gasteiger partial charge < -0.3 is 14.2 Å². The van der Waals surface area contributed by atoms with Crippen molar-refractivity contribution in [1.29, 1.82) is 0 Å². The second-order valence-corrected chi connectivity index (χ2v) is 14.3. The SMILES string of the molecule is CC1(C)CCCN([C@H]2CCC[C@@H]2Oc2ccc3c(c2)C(O[C@H]2CCC[C@@H]2N2CCCC(C)(C)C2)OC3=O)C1. The topological polar surface area (TPSA) is 51.2 Å². The van der Waals surface area contributed by atoms with Crippen molar-refractivity contribution in [1.82, 2.24) is 9.80 Å². The van der Waals surface area contributed by atoms with Gasteiger partial charge in [0.2, 0.25) is 6.29 Å². The van der Waals surface area contributed by atoms with Gasteiger partial charge in [-0.3, -0.25) is 9.80 Å². The Kier molecular flexibility index (Phi) is 7.28. The standard InChI is InChI=1S/C32H48N2O4/c1-31(2)15-7-17-33(20-31)25-9-5-11-27(25)36-22-13-14-23-24(19-22)30(38-29(23)35)37-28-12-6-10-26(28)34-18-8-16-32(3,4)21-34/h13-14,19,25-28,30H,5-12,15-18,20-21H2,1-4H3/t25-,26-,27-,28-,30?/m0/s1. The van der Waals surface area contributed by atoms with E-state index in [0.29, 0.717) is 28.5 Å². The largest absolute Gasteiger partial charge is 0.489 e. The summed E-state index contributed by atoms with van der Waals surface area (Å²) in [7, 11) is 0. The van der Waals surface area contributed by atoms with Crippen LogP contribution < -0.4 is 4.74 Å². The highest BCUT2D eigenvalue weighted by Crippen LogP contribution is 2.41. The van der Waals surface area contributed by atoms with Gasteiger partial charge in [-0.2, -0.15) is 0 Å². The van der Waals surface area contributed by atoms with E-state index in [1.807, 2.05) is 18.2 Å². The average Bonchev–Trinajstić information content (AvgIpc) is 3.58. The lowest BCUT2D eigenvalue weighted by atomic mass is 9.83. The number of fused-ring (bicyclic) bond motifs is 1. The molecule has 38 heavy (non-hydrogen) atoms. The van der Waals surface area contributed by atoms with Crippen LogP contribution in [0.25, 0.3) is 0 Å². The van der Waals surface area contributed by atoms with E-state index < -0.39 is 6.29 Å². The summed E-state index contributed by atoms with van der Waals surface area (Å²) in [5.74, 6) is 0.559. The molecule has 3 aliphatic heterocycles. The monoisotopic (exact) mass is 524 g/mol. The maximum Gasteiger partial charge on any atom is 0.341 e. The van der Waals surface area contributed by atoms with Gasteiger partial charge in [-0.05, 0) is 106 Å². The van der Waals surface area contributed by atoms with Crippen LogP contribution in [0.4, 0.5) is 0 Å². The number of ether oxygens (including phenoxy) is 3. The van der Waals surface area contributed by atoms with Gasteiger partial charge in [0, 0.05) is 30.7 Å². The van der Waals surface area contributed by atoms with Gasteiger partial charge >= 0.3 is 5.97 Å². The Hall–Kier alpha value is -1.63. The first-order chi connectivity index (χ1) is 18.2. The summed E-state index contributed by atoms with van der Waals surface area (Å²) < 4.78 is 19.1. The minimum Gasteiger partial charge on any atom is -0.489 e. The molecule has 3 heterocycles. The van der Waals surface area contributed by atoms with Crippen LogP contribution >= 0.6 is 0 Å². The maximum atomic E-state index is 12.7. The Balaban J connectivity index is 1.14. The summed E-state index contributed by atoms with van der Waals surface area (Å²) in [6, 6.07) is 6.73. The minimum atomic E-state index is -0.633. The zero-order chi connectivity index (χ0) is 26.5. The molecule has 1 unspecified atom stereocenters. The quantitative estimate of drug-likeness (QED) is 0.405. The van der Waals surface area contributed by atoms with E-state index in [1.165, 1.54) is 51.5 Å². The first-order valence-electron chi connectivity index (χ1n) is 15.3. The van der Waals surface area contributed by atoms with Crippen LogP contribution in [0.3, 0.4) is 0 Å². The molecule has 2 saturated carbocycles. The molecule has 1 aromatic rings. The number of carbonyl (C=O) groups excluding carboxylic acids is 1. The number of nitrogens with zero attached hydrogens (tertiary/aromatic N) is 2. The Bertz CT molecular complexity index is 1020. The molecule has 1 aromatic carbocycles. The molecule has 2 saturated heterocycles. The summed E-state index contributed by atoms with van der Waals surface area (Å²) >= 11 is 0. The lowest BCUT2D eigenvalue weighted by Crippen LogP contribution is -2.49. The summed E-state index contributed by atoms with van der Waals surface area (Å²) in [4.78, 5) is 18.0. The van der Waals surface area contributed by atoms with Crippen molar-refractivity contribution in [3.63, 3.8) is 0 Å². The number of hydrogen-bond acceptors (Lipinski definition) is 6. The normalized spacial score (nSPS) is 35.3. The molecule has 6 heteroatoms. The molecule has 0 radical (unpaired) electrons. The van der Waals surface area contributed by atoms with Crippen LogP contribution in [0.1, 0.15) is 114 Å². The number of cyclic esters (lactones) is 1. The highest BCUT2D eigenvalue weighted by Gasteiger charge is 2.42. The van der Waals surface area contributed by atoms with Gasteiger partial charge in [-0.25, -0.2) is 4.79 Å². The Morgan fingerprint density at radius 1 is 0.816 bits per heavy atom. The molecule has 0 aromatic heterocycles. The second-order valence-electron chi connectivity index (χ2n) is 14.3. The Morgan fingerprint density at radius 3 is 2.05 bits per heavy atom. The van der Waals surface area contributed by atoms with E-state index in [4.69, 9.17) is 14.2 Å². The summed E-state index contributed by atoms with van der Waals surface area (Å²) in [6.45, 7) is 14.1. The molecule has 6 rings (SSSR count). The van der Waals surface area contributed by atoms with Crippen molar-refractivity contribution < 1.29 is 19.0 Å². The zero-order valence-electron chi connectivity index (χ0n) is 24.0. The number of carbonyl (C=O) groups is 1. The lowest BCUT2D eigenvalue weighted by molar-refractivity contribution is -0.152. The van der Waals surface area contributed by atoms with Gasteiger partial charge in [0.1, 0.15) is 11.9 Å². The van der Waals surface area contributed by atoms with Gasteiger partial charge in [0.15, 0.2) is 0 Å². The Labute approximate surface area is 229 Å². The lowest BCUT2D eigenvalue weighted by Gasteiger charge is -2.43. The third kappa shape index (κ3) is 5.51. The number of hydrogen-bond donors (Lipinski definition) is 0. The predicted octanol–water partition coefficient (Wildman–Crippen LogP) is 6.34. The summed E-state index contributed by atoms with van der Waals surface area (Å²) in [5.41, 5.74) is 2.19. The summed E-state index contributed by atoms with van der Waals surface area (Å²) in [5, 5.41) is 0. The molecule has 4 fully saturated rings. The molecule has 0 bridgehead atoms. The first-order valence-corrected chi connectivity index (χ1v) is 15.3. The molecule has 6 nitrogen and oxygen atoms in total. The van der Waals surface area contributed by atoms with Crippen LogP contribution in [0.5, 0.6) is 5.75 Å². The summed E-state index contributed by atoms with van der Waals surface area (Å²) in [6.07, 6.45) is 11.6. The van der Waals surface area contributed by atoms with E-state index in [2.05, 4.69) is 37.5 Å². The van der Waals surface area contributed by atoms with Crippen molar-refractivity contribution in [3.05, 3.63) is 29.3 Å². The van der Waals surface area contributed by atoms with E-state index >= 15 is 0 Å². The molecule has 210 valence electrons. The van der Waals surface area contributed by atoms with Crippen LogP contribution in [0, 0.1) is 10.8 Å². The molecular formula is C32H48N2O4. The van der Waals surface area contributed by atoms with Crippen molar-refractivity contribution in [2.45, 2.75) is 122 Å². The second kappa shape index (κ2) is 10.4. The van der Waals surface area contributed by atoms with E-state index in [9.17, 15) is 4.79 Å². The van der Waals surface area contributed by atoms with Crippen LogP contribution in [-0.4, -0.2) is 66.2 Å². The van der Waals surface area contributed by atoms with Gasteiger partial charge in [-0.1, -0.05) is 27.7 Å². The van der Waals surface area contributed by atoms with Crippen LogP contribution in [0.15, 0.2) is 18.2 Å². The van der Waals surface area contributed by atoms with Crippen molar-refractivity contribution in [2.75, 3.05) is 26.2 Å². The fraction of sp³-hybridized carbons (Fsp3) is 0.781. The Morgan fingerprint density at radius 2 is 1.42 bits per heavy atom. The fourth-order valence-electron chi connectivity index (χ4n) is 8.10. The molecule has 0 N–H and O–H groups in total. The first kappa shape index (κ1) is 26.6. The maximum absolute atomic E-state index is 12.7. The van der Waals surface area contributed by atoms with E-state index in [-0.39, 0.29) is 18.2 Å². The molecule has 0 amide bonds. The van der Waals surface area contributed by atoms with Crippen LogP contribution in [0.2, 0.25) is 0 Å². The van der Waals surface area contributed by atoms with Crippen molar-refractivity contribution in [3.8, 4) is 5.75 Å². The molecule has 0 spiro atoms. The van der Waals surface area contributed by atoms with Crippen molar-refractivity contribution in [2.24, 2.45) is 10.8 Å². The molecular weight excluding hydrogens is 476 g/mol. The zero-order valence-corrected chi connectivity index (χ0v) is 24.0. The highest BCUT2D eigenvalue weighted by molar-refractivity contribution is 5.94. The fourth-order valence-corrected chi connectivity index (χ4v) is 8.10. The predicted molar refractivity (Wildman–Crippen MR) is 148 cm³/mol. The smallest absolute Gasteiger partial charge is 0.341 e. The average molecular weight is 525 g/mol. The number of benzene rings is 1. The highest BCUT2D eigenvalue weighted by atomic mass is 16.7. The molecule has 5 atom stereocenters. The third-order valence-corrected chi connectivity index (χ3v) is 9.93. The van der Waals surface area contributed by atoms with E-state index in [1.54, 1.807) is 0 Å². The van der Waals surface area contributed by atoms with E-state index in [0.717, 1.165) is 50.2 Å². The number of likely N-dealkylation sites (tertiary alicyclic amines) is 2. The van der Waals surface area contributed by atoms with Gasteiger partial charge in [-0.15, -0.1) is 0 Å². The molecule has 5 aliphatic rings. The molecule has 2 aliphatic carbocycles. The number of rotatable bonds is 6.